The van der Waals surface area contributed by atoms with E-state index in [-0.39, 0.29) is 5.91 Å². The summed E-state index contributed by atoms with van der Waals surface area (Å²) in [5, 5.41) is 0. The van der Waals surface area contributed by atoms with Crippen molar-refractivity contribution in [2.75, 3.05) is 26.2 Å². The molecule has 1 aromatic carbocycles. The van der Waals surface area contributed by atoms with Gasteiger partial charge in [-0.25, -0.2) is 0 Å². The van der Waals surface area contributed by atoms with Crippen molar-refractivity contribution in [1.29, 1.82) is 0 Å². The molecule has 26 heavy (non-hydrogen) atoms. The minimum absolute atomic E-state index is 0.0724. The highest BCUT2D eigenvalue weighted by Crippen LogP contribution is 2.26. The number of rotatable bonds is 5. The summed E-state index contributed by atoms with van der Waals surface area (Å²) >= 11 is 0. The van der Waals surface area contributed by atoms with Crippen molar-refractivity contribution in [2.24, 2.45) is 0 Å². The lowest BCUT2D eigenvalue weighted by atomic mass is 10.1. The molecule has 0 radical (unpaired) electrons. The van der Waals surface area contributed by atoms with Gasteiger partial charge in [-0.15, -0.1) is 0 Å². The zero-order valence-corrected chi connectivity index (χ0v) is 15.3. The number of nitrogens with zero attached hydrogens (tertiary/aromatic N) is 2. The van der Waals surface area contributed by atoms with Gasteiger partial charge < -0.3 is 14.1 Å². The monoisotopic (exact) mass is 354 g/mol. The third kappa shape index (κ3) is 3.78. The standard InChI is InChI=1S/C21H26N2O3/c1-16(26-19-8-7-17-4-2-5-18(17)14-19)21(24)23-11-9-22(10-12-23)15-20-6-3-13-25-20/h3,6-8,13-14,16H,2,4-5,9-12,15H2,1H3/t16-/m1/s1. The molecule has 1 fully saturated rings. The van der Waals surface area contributed by atoms with E-state index in [9.17, 15) is 4.79 Å². The van der Waals surface area contributed by atoms with E-state index in [0.717, 1.165) is 57.1 Å². The van der Waals surface area contributed by atoms with E-state index in [4.69, 9.17) is 9.15 Å². The van der Waals surface area contributed by atoms with Crippen molar-refractivity contribution in [2.45, 2.75) is 38.8 Å². The molecule has 0 bridgehead atoms. The first-order chi connectivity index (χ1) is 12.7. The predicted molar refractivity (Wildman–Crippen MR) is 99.1 cm³/mol. The number of hydrogen-bond acceptors (Lipinski definition) is 4. The third-order valence-corrected chi connectivity index (χ3v) is 5.37. The summed E-state index contributed by atoms with van der Waals surface area (Å²) in [6.07, 6.45) is 4.74. The van der Waals surface area contributed by atoms with Crippen molar-refractivity contribution in [3.05, 3.63) is 53.5 Å². The molecule has 1 atom stereocenters. The summed E-state index contributed by atoms with van der Waals surface area (Å²) < 4.78 is 11.4. The van der Waals surface area contributed by atoms with Gasteiger partial charge in [0, 0.05) is 26.2 Å². The molecule has 1 saturated heterocycles. The molecule has 2 heterocycles. The topological polar surface area (TPSA) is 45.9 Å². The molecule has 0 N–H and O–H groups in total. The van der Waals surface area contributed by atoms with Crippen molar-refractivity contribution in [3.8, 4) is 5.75 Å². The van der Waals surface area contributed by atoms with Crippen LogP contribution in [0.5, 0.6) is 5.75 Å². The van der Waals surface area contributed by atoms with Crippen molar-refractivity contribution in [3.63, 3.8) is 0 Å². The van der Waals surface area contributed by atoms with Gasteiger partial charge in [0.05, 0.1) is 12.8 Å². The highest BCUT2D eigenvalue weighted by Gasteiger charge is 2.26. The van der Waals surface area contributed by atoms with E-state index >= 15 is 0 Å². The summed E-state index contributed by atoms with van der Waals surface area (Å²) in [7, 11) is 0. The number of aryl methyl sites for hydroxylation is 2. The van der Waals surface area contributed by atoms with Crippen molar-refractivity contribution in [1.82, 2.24) is 9.80 Å². The maximum atomic E-state index is 12.7. The quantitative estimate of drug-likeness (QED) is 0.828. The fraction of sp³-hybridized carbons (Fsp3) is 0.476. The van der Waals surface area contributed by atoms with E-state index in [0.29, 0.717) is 0 Å². The number of benzene rings is 1. The van der Waals surface area contributed by atoms with E-state index in [1.54, 1.807) is 6.26 Å². The Morgan fingerprint density at radius 2 is 1.96 bits per heavy atom. The van der Waals surface area contributed by atoms with Gasteiger partial charge in [0.15, 0.2) is 6.10 Å². The highest BCUT2D eigenvalue weighted by molar-refractivity contribution is 5.81. The van der Waals surface area contributed by atoms with Crippen LogP contribution >= 0.6 is 0 Å². The molecule has 138 valence electrons. The molecule has 0 spiro atoms. The molecule has 0 saturated carbocycles. The van der Waals surface area contributed by atoms with E-state index < -0.39 is 6.10 Å². The lowest BCUT2D eigenvalue weighted by molar-refractivity contribution is -0.139. The zero-order chi connectivity index (χ0) is 17.9. The minimum Gasteiger partial charge on any atom is -0.481 e. The van der Waals surface area contributed by atoms with Crippen LogP contribution in [-0.2, 0) is 24.2 Å². The van der Waals surface area contributed by atoms with Gasteiger partial charge in [-0.1, -0.05) is 6.07 Å². The molecule has 1 aromatic heterocycles. The number of fused-ring (bicyclic) bond motifs is 1. The van der Waals surface area contributed by atoms with Crippen LogP contribution in [0.1, 0.15) is 30.2 Å². The van der Waals surface area contributed by atoms with Crippen LogP contribution in [0.2, 0.25) is 0 Å². The van der Waals surface area contributed by atoms with Gasteiger partial charge in [0.2, 0.25) is 0 Å². The molecule has 2 aromatic rings. The Balaban J connectivity index is 1.29. The maximum Gasteiger partial charge on any atom is 0.263 e. The third-order valence-electron chi connectivity index (χ3n) is 5.37. The summed E-state index contributed by atoms with van der Waals surface area (Å²) in [5.74, 6) is 1.85. The summed E-state index contributed by atoms with van der Waals surface area (Å²) in [6.45, 7) is 5.84. The number of hydrogen-bond donors (Lipinski definition) is 0. The van der Waals surface area contributed by atoms with Gasteiger partial charge in [-0.3, -0.25) is 9.69 Å². The summed E-state index contributed by atoms with van der Waals surface area (Å²) in [6, 6.07) is 10.1. The van der Waals surface area contributed by atoms with Crippen LogP contribution in [0.15, 0.2) is 41.0 Å². The van der Waals surface area contributed by atoms with Crippen LogP contribution in [0.3, 0.4) is 0 Å². The largest absolute Gasteiger partial charge is 0.481 e. The van der Waals surface area contributed by atoms with Gasteiger partial charge in [0.1, 0.15) is 11.5 Å². The summed E-state index contributed by atoms with van der Waals surface area (Å²) in [5.41, 5.74) is 2.79. The number of piperazine rings is 1. The number of ether oxygens (including phenoxy) is 1. The molecule has 1 amide bonds. The summed E-state index contributed by atoms with van der Waals surface area (Å²) in [4.78, 5) is 17.0. The van der Waals surface area contributed by atoms with Crippen LogP contribution in [0.25, 0.3) is 0 Å². The molecule has 5 heteroatoms. The number of carbonyl (C=O) groups is 1. The van der Waals surface area contributed by atoms with Gasteiger partial charge in [-0.05, 0) is 61.6 Å². The first kappa shape index (κ1) is 17.2. The normalized spacial score (nSPS) is 18.6. The molecule has 4 rings (SSSR count). The average Bonchev–Trinajstić information content (AvgIpc) is 3.33. The Kier molecular flexibility index (Phi) is 4.98. The highest BCUT2D eigenvalue weighted by atomic mass is 16.5. The predicted octanol–water partition coefficient (Wildman–Crippen LogP) is 2.88. The first-order valence-electron chi connectivity index (χ1n) is 9.51. The van der Waals surface area contributed by atoms with Gasteiger partial charge >= 0.3 is 0 Å². The fourth-order valence-electron chi connectivity index (χ4n) is 3.88. The van der Waals surface area contributed by atoms with E-state index in [1.807, 2.05) is 30.0 Å². The lowest BCUT2D eigenvalue weighted by Crippen LogP contribution is -2.51. The van der Waals surface area contributed by atoms with Crippen molar-refractivity contribution >= 4 is 5.91 Å². The second-order valence-corrected chi connectivity index (χ2v) is 7.22. The zero-order valence-electron chi connectivity index (χ0n) is 15.3. The first-order valence-corrected chi connectivity index (χ1v) is 9.51. The number of amides is 1. The number of carbonyl (C=O) groups excluding carboxylic acids is 1. The Morgan fingerprint density at radius 1 is 1.15 bits per heavy atom. The van der Waals surface area contributed by atoms with Gasteiger partial charge in [-0.2, -0.15) is 0 Å². The molecule has 1 aliphatic heterocycles. The maximum absolute atomic E-state index is 12.7. The fourth-order valence-corrected chi connectivity index (χ4v) is 3.88. The molecule has 2 aliphatic rings. The molecule has 0 unspecified atom stereocenters. The van der Waals surface area contributed by atoms with Gasteiger partial charge in [0.25, 0.3) is 5.91 Å². The number of furan rings is 1. The second-order valence-electron chi connectivity index (χ2n) is 7.22. The van der Waals surface area contributed by atoms with E-state index in [1.165, 1.54) is 17.5 Å². The average molecular weight is 354 g/mol. The van der Waals surface area contributed by atoms with E-state index in [2.05, 4.69) is 17.0 Å². The Labute approximate surface area is 154 Å². The van der Waals surface area contributed by atoms with Crippen molar-refractivity contribution < 1.29 is 13.9 Å². The van der Waals surface area contributed by atoms with Crippen LogP contribution < -0.4 is 4.74 Å². The molecular formula is C21H26N2O3. The van der Waals surface area contributed by atoms with Crippen LogP contribution in [-0.4, -0.2) is 48.0 Å². The molecular weight excluding hydrogens is 328 g/mol. The Morgan fingerprint density at radius 3 is 2.73 bits per heavy atom. The Bertz CT molecular complexity index is 749. The minimum atomic E-state index is -0.453. The lowest BCUT2D eigenvalue weighted by Gasteiger charge is -2.35. The van der Waals surface area contributed by atoms with Crippen LogP contribution in [0.4, 0.5) is 0 Å². The molecule has 1 aliphatic carbocycles. The second kappa shape index (κ2) is 7.54. The smallest absolute Gasteiger partial charge is 0.263 e. The SMILES string of the molecule is C[C@@H](Oc1ccc2c(c1)CCC2)C(=O)N1CCN(Cc2ccco2)CC1. The Hall–Kier alpha value is -2.27. The molecule has 5 nitrogen and oxygen atoms in total. The van der Waals surface area contributed by atoms with Crippen LogP contribution in [0, 0.1) is 0 Å².